The van der Waals surface area contributed by atoms with Gasteiger partial charge in [-0.1, -0.05) is 25.8 Å². The van der Waals surface area contributed by atoms with Crippen molar-refractivity contribution in [1.29, 1.82) is 0 Å². The normalized spacial score (nSPS) is 11.8. The molecule has 2 aromatic rings. The lowest BCUT2D eigenvalue weighted by molar-refractivity contribution is -0.137. The molecular formula is C16H17F3N2OS. The van der Waals surface area contributed by atoms with E-state index in [0.29, 0.717) is 10.4 Å². The Kier molecular flexibility index (Phi) is 5.51. The summed E-state index contributed by atoms with van der Waals surface area (Å²) in [5, 5.41) is 0.852. The molecule has 0 spiro atoms. The molecule has 0 atom stereocenters. The Balaban J connectivity index is 2.41. The number of alkyl halides is 3. The van der Waals surface area contributed by atoms with Gasteiger partial charge in [-0.15, -0.1) is 11.8 Å². The minimum absolute atomic E-state index is 0.211. The van der Waals surface area contributed by atoms with Crippen LogP contribution in [0.3, 0.4) is 0 Å². The maximum atomic E-state index is 12.8. The van der Waals surface area contributed by atoms with Gasteiger partial charge in [-0.05, 0) is 30.4 Å². The first-order valence-electron chi connectivity index (χ1n) is 7.27. The molecule has 0 unspecified atom stereocenters. The lowest BCUT2D eigenvalue weighted by Gasteiger charge is -2.10. The summed E-state index contributed by atoms with van der Waals surface area (Å²) >= 11 is 1.35. The molecular weight excluding hydrogens is 325 g/mol. The Hall–Kier alpha value is -1.76. The number of halogens is 3. The molecule has 7 heteroatoms. The largest absolute Gasteiger partial charge is 0.416 e. The Morgan fingerprint density at radius 1 is 1.26 bits per heavy atom. The molecule has 3 nitrogen and oxygen atoms in total. The van der Waals surface area contributed by atoms with Crippen molar-refractivity contribution in [3.63, 3.8) is 0 Å². The van der Waals surface area contributed by atoms with E-state index < -0.39 is 17.6 Å². The fourth-order valence-electron chi connectivity index (χ4n) is 2.13. The maximum absolute atomic E-state index is 12.8. The molecule has 0 saturated carbocycles. The third-order valence-electron chi connectivity index (χ3n) is 3.36. The van der Waals surface area contributed by atoms with Gasteiger partial charge in [-0.3, -0.25) is 4.79 Å². The van der Waals surface area contributed by atoms with Crippen molar-refractivity contribution in [3.8, 4) is 0 Å². The van der Waals surface area contributed by atoms with Crippen LogP contribution < -0.4 is 5.73 Å². The first kappa shape index (κ1) is 17.6. The van der Waals surface area contributed by atoms with Gasteiger partial charge >= 0.3 is 6.18 Å². The second-order valence-electron chi connectivity index (χ2n) is 5.17. The number of hydrogen-bond donors (Lipinski definition) is 1. The van der Waals surface area contributed by atoms with Crippen LogP contribution in [0.25, 0.3) is 10.9 Å². The van der Waals surface area contributed by atoms with Gasteiger partial charge in [0.15, 0.2) is 0 Å². The number of aromatic nitrogens is 1. The van der Waals surface area contributed by atoms with E-state index in [1.165, 1.54) is 23.9 Å². The minimum atomic E-state index is -4.42. The number of nitrogens with zero attached hydrogens (tertiary/aromatic N) is 1. The first-order valence-corrected chi connectivity index (χ1v) is 8.26. The molecule has 0 aliphatic carbocycles. The van der Waals surface area contributed by atoms with Crippen molar-refractivity contribution in [2.24, 2.45) is 5.73 Å². The highest BCUT2D eigenvalue weighted by atomic mass is 32.2. The number of nitrogens with two attached hydrogens (primary N) is 1. The smallest absolute Gasteiger partial charge is 0.366 e. The zero-order chi connectivity index (χ0) is 17.0. The van der Waals surface area contributed by atoms with Crippen LogP contribution in [-0.2, 0) is 6.18 Å². The van der Waals surface area contributed by atoms with E-state index in [1.807, 2.05) is 0 Å². The van der Waals surface area contributed by atoms with Gasteiger partial charge in [0.05, 0.1) is 16.6 Å². The molecule has 23 heavy (non-hydrogen) atoms. The Bertz CT molecular complexity index is 716. The molecule has 1 aromatic carbocycles. The standard InChI is InChI=1S/C16H17F3N2OS/c1-2-3-4-7-23-15-12(14(20)22)8-10-5-6-11(16(17,18)19)9-13(10)21-15/h5-6,8-9H,2-4,7H2,1H3,(H2,20,22). The summed E-state index contributed by atoms with van der Waals surface area (Å²) in [6.45, 7) is 2.08. The van der Waals surface area contributed by atoms with Gasteiger partial charge < -0.3 is 5.73 Å². The summed E-state index contributed by atoms with van der Waals surface area (Å²) in [6, 6.07) is 4.79. The second kappa shape index (κ2) is 7.21. The van der Waals surface area contributed by atoms with Crippen LogP contribution in [0.2, 0.25) is 0 Å². The Labute approximate surface area is 136 Å². The van der Waals surface area contributed by atoms with E-state index in [9.17, 15) is 18.0 Å². The van der Waals surface area contributed by atoms with Crippen molar-refractivity contribution < 1.29 is 18.0 Å². The number of benzene rings is 1. The molecule has 2 N–H and O–H groups in total. The number of fused-ring (bicyclic) bond motifs is 1. The molecule has 1 aromatic heterocycles. The van der Waals surface area contributed by atoms with Gasteiger partial charge in [0.25, 0.3) is 5.91 Å². The number of rotatable bonds is 6. The number of pyridine rings is 1. The van der Waals surface area contributed by atoms with E-state index in [4.69, 9.17) is 5.73 Å². The number of hydrogen-bond acceptors (Lipinski definition) is 3. The lowest BCUT2D eigenvalue weighted by Crippen LogP contribution is -2.13. The van der Waals surface area contributed by atoms with Crippen LogP contribution in [0, 0.1) is 0 Å². The fourth-order valence-corrected chi connectivity index (χ4v) is 3.15. The topological polar surface area (TPSA) is 56.0 Å². The number of primary amides is 1. The Morgan fingerprint density at radius 2 is 2.00 bits per heavy atom. The Morgan fingerprint density at radius 3 is 2.61 bits per heavy atom. The number of unbranched alkanes of at least 4 members (excludes halogenated alkanes) is 2. The fraction of sp³-hybridized carbons (Fsp3) is 0.375. The van der Waals surface area contributed by atoms with E-state index in [1.54, 1.807) is 0 Å². The van der Waals surface area contributed by atoms with Crippen molar-refractivity contribution in [3.05, 3.63) is 35.4 Å². The average Bonchev–Trinajstić information content (AvgIpc) is 2.49. The molecule has 0 aliphatic rings. The van der Waals surface area contributed by atoms with Crippen LogP contribution >= 0.6 is 11.8 Å². The van der Waals surface area contributed by atoms with Gasteiger partial charge in [0, 0.05) is 5.39 Å². The van der Waals surface area contributed by atoms with E-state index >= 15 is 0 Å². The molecule has 0 bridgehead atoms. The highest BCUT2D eigenvalue weighted by molar-refractivity contribution is 7.99. The van der Waals surface area contributed by atoms with Crippen molar-refractivity contribution in [1.82, 2.24) is 4.98 Å². The molecule has 0 saturated heterocycles. The van der Waals surface area contributed by atoms with Gasteiger partial charge in [0.1, 0.15) is 5.03 Å². The molecule has 0 aliphatic heterocycles. The second-order valence-corrected chi connectivity index (χ2v) is 6.25. The summed E-state index contributed by atoms with van der Waals surface area (Å²) in [5.41, 5.74) is 5.06. The molecule has 1 amide bonds. The number of thioether (sulfide) groups is 1. The maximum Gasteiger partial charge on any atom is 0.416 e. The third-order valence-corrected chi connectivity index (χ3v) is 4.44. The molecule has 2 rings (SSSR count). The molecule has 0 fully saturated rings. The average molecular weight is 342 g/mol. The monoisotopic (exact) mass is 342 g/mol. The number of carbonyl (C=O) groups is 1. The van der Waals surface area contributed by atoms with E-state index in [-0.39, 0.29) is 11.1 Å². The first-order chi connectivity index (χ1) is 10.8. The summed E-state index contributed by atoms with van der Waals surface area (Å²) in [7, 11) is 0. The highest BCUT2D eigenvalue weighted by Gasteiger charge is 2.30. The lowest BCUT2D eigenvalue weighted by atomic mass is 10.1. The highest BCUT2D eigenvalue weighted by Crippen LogP contribution is 2.32. The van der Waals surface area contributed by atoms with E-state index in [2.05, 4.69) is 11.9 Å². The molecule has 0 radical (unpaired) electrons. The molecule has 124 valence electrons. The van der Waals surface area contributed by atoms with E-state index in [0.717, 1.165) is 37.1 Å². The van der Waals surface area contributed by atoms with Crippen LogP contribution in [0.5, 0.6) is 0 Å². The summed E-state index contributed by atoms with van der Waals surface area (Å²) in [4.78, 5) is 15.8. The molecule has 1 heterocycles. The van der Waals surface area contributed by atoms with Crippen LogP contribution in [0.4, 0.5) is 13.2 Å². The number of carbonyl (C=O) groups excluding carboxylic acids is 1. The zero-order valence-electron chi connectivity index (χ0n) is 12.6. The zero-order valence-corrected chi connectivity index (χ0v) is 13.4. The van der Waals surface area contributed by atoms with Crippen molar-refractivity contribution in [2.75, 3.05) is 5.75 Å². The number of amides is 1. The predicted molar refractivity (Wildman–Crippen MR) is 85.5 cm³/mol. The van der Waals surface area contributed by atoms with Gasteiger partial charge in [-0.2, -0.15) is 13.2 Å². The summed E-state index contributed by atoms with van der Waals surface area (Å²) in [5.74, 6) is 0.114. The van der Waals surface area contributed by atoms with Gasteiger partial charge in [-0.25, -0.2) is 4.98 Å². The summed E-state index contributed by atoms with van der Waals surface area (Å²) in [6.07, 6.45) is -1.37. The minimum Gasteiger partial charge on any atom is -0.366 e. The van der Waals surface area contributed by atoms with Crippen LogP contribution in [0.15, 0.2) is 29.3 Å². The predicted octanol–water partition coefficient (Wildman–Crippen LogP) is 4.63. The van der Waals surface area contributed by atoms with Crippen molar-refractivity contribution in [2.45, 2.75) is 37.4 Å². The summed E-state index contributed by atoms with van der Waals surface area (Å²) < 4.78 is 38.4. The van der Waals surface area contributed by atoms with Crippen molar-refractivity contribution >= 4 is 28.6 Å². The SMILES string of the molecule is CCCCCSc1nc2cc(C(F)(F)F)ccc2cc1C(N)=O. The van der Waals surface area contributed by atoms with Crippen LogP contribution in [-0.4, -0.2) is 16.6 Å². The van der Waals surface area contributed by atoms with Crippen LogP contribution in [0.1, 0.15) is 42.1 Å². The third kappa shape index (κ3) is 4.37. The van der Waals surface area contributed by atoms with Gasteiger partial charge in [0.2, 0.25) is 0 Å². The quantitative estimate of drug-likeness (QED) is 0.615.